The predicted molar refractivity (Wildman–Crippen MR) is 72.6 cm³/mol. The van der Waals surface area contributed by atoms with Gasteiger partial charge in [-0.2, -0.15) is 0 Å². The molecule has 0 spiro atoms. The summed E-state index contributed by atoms with van der Waals surface area (Å²) in [7, 11) is 0. The number of phenolic OH excluding ortho intramolecular Hbond substituents is 1. The lowest BCUT2D eigenvalue weighted by Gasteiger charge is -2.21. The van der Waals surface area contributed by atoms with Crippen LogP contribution in [0.5, 0.6) is 5.75 Å². The number of likely N-dealkylation sites (tertiary alicyclic amines) is 1. The Morgan fingerprint density at radius 2 is 2.14 bits per heavy atom. The van der Waals surface area contributed by atoms with Gasteiger partial charge >= 0.3 is 0 Å². The Morgan fingerprint density at radius 1 is 1.48 bits per heavy atom. The van der Waals surface area contributed by atoms with E-state index < -0.39 is 22.2 Å². The van der Waals surface area contributed by atoms with Crippen molar-refractivity contribution in [3.8, 4) is 5.75 Å². The quantitative estimate of drug-likeness (QED) is 0.624. The van der Waals surface area contributed by atoms with E-state index in [0.717, 1.165) is 18.2 Å². The highest BCUT2D eigenvalue weighted by Crippen LogP contribution is 2.32. The van der Waals surface area contributed by atoms with Crippen molar-refractivity contribution in [1.29, 1.82) is 0 Å². The minimum atomic E-state index is -0.832. The molecule has 8 heteroatoms. The van der Waals surface area contributed by atoms with Gasteiger partial charge in [0.15, 0.2) is 0 Å². The zero-order valence-corrected chi connectivity index (χ0v) is 11.4. The molecular formula is C13H15N3O5. The molecule has 8 nitrogen and oxygen atoms in total. The number of primary amides is 1. The molecule has 2 amide bonds. The lowest BCUT2D eigenvalue weighted by atomic mass is 9.89. The first-order valence-electron chi connectivity index (χ1n) is 6.31. The van der Waals surface area contributed by atoms with Crippen molar-refractivity contribution in [2.45, 2.75) is 13.3 Å². The normalized spacial score (nSPS) is 21.3. The second-order valence-electron chi connectivity index (χ2n) is 5.36. The van der Waals surface area contributed by atoms with Crippen LogP contribution in [0.4, 0.5) is 5.69 Å². The van der Waals surface area contributed by atoms with Crippen molar-refractivity contribution < 1.29 is 19.6 Å². The zero-order chi connectivity index (χ0) is 15.8. The van der Waals surface area contributed by atoms with Crippen LogP contribution in [-0.4, -0.2) is 39.8 Å². The number of nitrogens with zero attached hydrogens (tertiary/aromatic N) is 2. The van der Waals surface area contributed by atoms with E-state index in [1.165, 1.54) is 4.90 Å². The number of carbonyl (C=O) groups excluding carboxylic acids is 2. The topological polar surface area (TPSA) is 127 Å². The van der Waals surface area contributed by atoms with Crippen LogP contribution in [0.2, 0.25) is 0 Å². The fourth-order valence-electron chi connectivity index (χ4n) is 2.36. The van der Waals surface area contributed by atoms with E-state index >= 15 is 0 Å². The number of benzene rings is 1. The molecule has 0 saturated carbocycles. The zero-order valence-electron chi connectivity index (χ0n) is 11.4. The second kappa shape index (κ2) is 5.04. The number of amides is 2. The number of hydrogen-bond donors (Lipinski definition) is 2. The molecule has 1 aliphatic heterocycles. The largest absolute Gasteiger partial charge is 0.508 e. The summed E-state index contributed by atoms with van der Waals surface area (Å²) in [5, 5.41) is 20.4. The highest BCUT2D eigenvalue weighted by Gasteiger charge is 2.41. The van der Waals surface area contributed by atoms with Crippen LogP contribution in [0.25, 0.3) is 0 Å². The van der Waals surface area contributed by atoms with Crippen LogP contribution in [0, 0.1) is 15.5 Å². The fraction of sp³-hybridized carbons (Fsp3) is 0.385. The maximum absolute atomic E-state index is 12.4. The number of aromatic hydroxyl groups is 1. The van der Waals surface area contributed by atoms with Gasteiger partial charge in [0.2, 0.25) is 5.91 Å². The van der Waals surface area contributed by atoms with Crippen molar-refractivity contribution in [3.05, 3.63) is 33.9 Å². The smallest absolute Gasteiger partial charge is 0.282 e. The third kappa shape index (κ3) is 2.64. The third-order valence-corrected chi connectivity index (χ3v) is 3.76. The van der Waals surface area contributed by atoms with Crippen LogP contribution in [-0.2, 0) is 4.79 Å². The minimum Gasteiger partial charge on any atom is -0.508 e. The van der Waals surface area contributed by atoms with Gasteiger partial charge in [-0.15, -0.1) is 0 Å². The van der Waals surface area contributed by atoms with Crippen molar-refractivity contribution in [3.63, 3.8) is 0 Å². The number of nitro groups is 1. The van der Waals surface area contributed by atoms with Gasteiger partial charge in [-0.3, -0.25) is 19.7 Å². The van der Waals surface area contributed by atoms with Crippen LogP contribution < -0.4 is 5.73 Å². The predicted octanol–water partition coefficient (Wildman–Crippen LogP) is 0.638. The van der Waals surface area contributed by atoms with E-state index in [1.54, 1.807) is 6.92 Å². The number of carbonyl (C=O) groups is 2. The summed E-state index contributed by atoms with van der Waals surface area (Å²) in [5.74, 6) is -1.34. The Kier molecular flexibility index (Phi) is 3.54. The molecule has 112 valence electrons. The highest BCUT2D eigenvalue weighted by molar-refractivity contribution is 5.99. The van der Waals surface area contributed by atoms with Gasteiger partial charge in [-0.1, -0.05) is 0 Å². The van der Waals surface area contributed by atoms with Crippen molar-refractivity contribution in [1.82, 2.24) is 4.90 Å². The maximum atomic E-state index is 12.4. The molecule has 1 aliphatic rings. The number of hydrogen-bond acceptors (Lipinski definition) is 5. The molecule has 0 radical (unpaired) electrons. The highest BCUT2D eigenvalue weighted by atomic mass is 16.6. The summed E-state index contributed by atoms with van der Waals surface area (Å²) in [6.45, 7) is 2.04. The first-order valence-corrected chi connectivity index (χ1v) is 6.31. The lowest BCUT2D eigenvalue weighted by molar-refractivity contribution is -0.385. The molecule has 2 rings (SSSR count). The van der Waals surface area contributed by atoms with Crippen LogP contribution >= 0.6 is 0 Å². The average molecular weight is 293 g/mol. The van der Waals surface area contributed by atoms with E-state index in [4.69, 9.17) is 5.73 Å². The molecule has 3 N–H and O–H groups in total. The molecule has 0 aromatic heterocycles. The van der Waals surface area contributed by atoms with E-state index in [9.17, 15) is 24.8 Å². The van der Waals surface area contributed by atoms with Crippen LogP contribution in [0.3, 0.4) is 0 Å². The van der Waals surface area contributed by atoms with Crippen molar-refractivity contribution in [2.75, 3.05) is 13.1 Å². The molecule has 1 saturated heterocycles. The van der Waals surface area contributed by atoms with Crippen molar-refractivity contribution >= 4 is 17.5 Å². The Bertz CT molecular complexity index is 630. The van der Waals surface area contributed by atoms with Gasteiger partial charge < -0.3 is 15.7 Å². The Hall–Kier alpha value is -2.64. The molecule has 1 heterocycles. The molecular weight excluding hydrogens is 278 g/mol. The molecule has 1 aromatic rings. The van der Waals surface area contributed by atoms with Gasteiger partial charge in [0, 0.05) is 19.2 Å². The number of rotatable bonds is 3. The molecule has 1 unspecified atom stereocenters. The average Bonchev–Trinajstić information content (AvgIpc) is 2.81. The lowest BCUT2D eigenvalue weighted by Crippen LogP contribution is -2.38. The van der Waals surface area contributed by atoms with Gasteiger partial charge in [0.1, 0.15) is 11.3 Å². The molecule has 1 fully saturated rings. The van der Waals surface area contributed by atoms with Gasteiger partial charge in [-0.25, -0.2) is 0 Å². The maximum Gasteiger partial charge on any atom is 0.282 e. The first kappa shape index (κ1) is 14.8. The Labute approximate surface area is 120 Å². The second-order valence-corrected chi connectivity index (χ2v) is 5.36. The summed E-state index contributed by atoms with van der Waals surface area (Å²) < 4.78 is 0. The first-order chi connectivity index (χ1) is 9.74. The third-order valence-electron chi connectivity index (χ3n) is 3.76. The molecule has 0 aliphatic carbocycles. The van der Waals surface area contributed by atoms with E-state index in [2.05, 4.69) is 0 Å². The van der Waals surface area contributed by atoms with Crippen LogP contribution in [0.1, 0.15) is 23.7 Å². The number of nitro benzene ring substituents is 1. The molecule has 1 atom stereocenters. The molecule has 21 heavy (non-hydrogen) atoms. The monoisotopic (exact) mass is 293 g/mol. The Balaban J connectivity index is 2.32. The molecule has 1 aromatic carbocycles. The fourth-order valence-corrected chi connectivity index (χ4v) is 2.36. The number of nitrogens with two attached hydrogens (primary N) is 1. The SMILES string of the molecule is CC1(C(N)=O)CCN(C(=O)c2cc(O)ccc2[N+](=O)[O-])C1. The van der Waals surface area contributed by atoms with E-state index in [-0.39, 0.29) is 30.1 Å². The van der Waals surface area contributed by atoms with Gasteiger partial charge in [0.25, 0.3) is 11.6 Å². The summed E-state index contributed by atoms with van der Waals surface area (Å²) >= 11 is 0. The summed E-state index contributed by atoms with van der Waals surface area (Å²) in [5.41, 5.74) is 3.89. The number of phenols is 1. The Morgan fingerprint density at radius 3 is 2.67 bits per heavy atom. The van der Waals surface area contributed by atoms with Gasteiger partial charge in [0.05, 0.1) is 10.3 Å². The standard InChI is InChI=1S/C13H15N3O5/c1-13(12(14)19)4-5-15(7-13)11(18)9-6-8(17)2-3-10(9)16(20)21/h2-3,6,17H,4-5,7H2,1H3,(H2,14,19). The van der Waals surface area contributed by atoms with E-state index in [0.29, 0.717) is 6.42 Å². The van der Waals surface area contributed by atoms with Gasteiger partial charge in [-0.05, 0) is 25.5 Å². The van der Waals surface area contributed by atoms with Crippen molar-refractivity contribution in [2.24, 2.45) is 11.1 Å². The molecule has 0 bridgehead atoms. The summed E-state index contributed by atoms with van der Waals surface area (Å²) in [4.78, 5) is 35.4. The van der Waals surface area contributed by atoms with Crippen LogP contribution in [0.15, 0.2) is 18.2 Å². The minimum absolute atomic E-state index is 0.105. The summed E-state index contributed by atoms with van der Waals surface area (Å²) in [6, 6.07) is 3.28. The summed E-state index contributed by atoms with van der Waals surface area (Å²) in [6.07, 6.45) is 0.403. The van der Waals surface area contributed by atoms with E-state index in [1.807, 2.05) is 0 Å².